The number of carbonyl (C=O) groups excluding carboxylic acids is 1. The number of hydrogen-bond donors (Lipinski definition) is 2. The molecule has 1 rings (SSSR count). The first-order chi connectivity index (χ1) is 8.33. The fourth-order valence-corrected chi connectivity index (χ4v) is 1.18. The summed E-state index contributed by atoms with van der Waals surface area (Å²) in [5.41, 5.74) is -1.10. The third-order valence-electron chi connectivity index (χ3n) is 2.29. The highest BCUT2D eigenvalue weighted by Gasteiger charge is 2.27. The van der Waals surface area contributed by atoms with E-state index in [2.05, 4.69) is 5.32 Å². The lowest BCUT2D eigenvalue weighted by Gasteiger charge is -2.19. The van der Waals surface area contributed by atoms with Crippen molar-refractivity contribution >= 4 is 18.0 Å². The number of hydrogen-bond acceptors (Lipinski definition) is 2. The predicted molar refractivity (Wildman–Crippen MR) is 65.3 cm³/mol. The molecule has 0 aliphatic heterocycles. The third kappa shape index (κ3) is 3.69. The molecule has 0 spiro atoms. The first-order valence-electron chi connectivity index (χ1n) is 5.31. The van der Waals surface area contributed by atoms with Gasteiger partial charge in [0.25, 0.3) is 0 Å². The Morgan fingerprint density at radius 1 is 1.33 bits per heavy atom. The van der Waals surface area contributed by atoms with Crippen LogP contribution in [0.5, 0.6) is 0 Å². The Morgan fingerprint density at radius 2 is 1.94 bits per heavy atom. The van der Waals surface area contributed by atoms with Gasteiger partial charge in [-0.15, -0.1) is 0 Å². The quantitative estimate of drug-likeness (QED) is 0.802. The number of aliphatic carboxylic acids is 1. The molecule has 96 valence electrons. The molecular formula is C13H14FNO3. The number of carboxylic acids is 1. The second-order valence-electron chi connectivity index (χ2n) is 4.27. The molecule has 0 heterocycles. The summed E-state index contributed by atoms with van der Waals surface area (Å²) < 4.78 is 13.2. The highest BCUT2D eigenvalue weighted by atomic mass is 19.1. The SMILES string of the molecule is CC(C)(NC(=O)/C=C/c1ccccc1F)C(=O)O. The van der Waals surface area contributed by atoms with E-state index in [9.17, 15) is 14.0 Å². The smallest absolute Gasteiger partial charge is 0.328 e. The summed E-state index contributed by atoms with van der Waals surface area (Å²) in [6.45, 7) is 2.73. The van der Waals surface area contributed by atoms with Crippen LogP contribution in [0.15, 0.2) is 30.3 Å². The van der Waals surface area contributed by atoms with Crippen LogP contribution in [0, 0.1) is 5.82 Å². The zero-order chi connectivity index (χ0) is 13.8. The molecule has 1 aromatic carbocycles. The van der Waals surface area contributed by atoms with Crippen LogP contribution in [0.4, 0.5) is 4.39 Å². The van der Waals surface area contributed by atoms with Crippen molar-refractivity contribution in [3.05, 3.63) is 41.7 Å². The van der Waals surface area contributed by atoms with Crippen molar-refractivity contribution in [1.82, 2.24) is 5.32 Å². The molecule has 5 heteroatoms. The van der Waals surface area contributed by atoms with Crippen molar-refractivity contribution in [2.75, 3.05) is 0 Å². The minimum Gasteiger partial charge on any atom is -0.480 e. The zero-order valence-electron chi connectivity index (χ0n) is 10.1. The lowest BCUT2D eigenvalue weighted by atomic mass is 10.1. The van der Waals surface area contributed by atoms with Crippen LogP contribution in [-0.4, -0.2) is 22.5 Å². The van der Waals surface area contributed by atoms with E-state index in [0.29, 0.717) is 0 Å². The minimum atomic E-state index is -1.36. The molecule has 1 amide bonds. The number of benzene rings is 1. The number of amides is 1. The van der Waals surface area contributed by atoms with E-state index in [1.165, 1.54) is 32.1 Å². The molecule has 4 nitrogen and oxygen atoms in total. The molecule has 0 radical (unpaired) electrons. The fraction of sp³-hybridized carbons (Fsp3) is 0.231. The van der Waals surface area contributed by atoms with Crippen molar-refractivity contribution in [2.24, 2.45) is 0 Å². The largest absolute Gasteiger partial charge is 0.480 e. The summed E-state index contributed by atoms with van der Waals surface area (Å²) in [6, 6.07) is 5.97. The van der Waals surface area contributed by atoms with E-state index >= 15 is 0 Å². The molecule has 0 bridgehead atoms. The summed E-state index contributed by atoms with van der Waals surface area (Å²) in [7, 11) is 0. The maximum atomic E-state index is 13.2. The maximum absolute atomic E-state index is 13.2. The molecule has 0 atom stereocenters. The average Bonchev–Trinajstić information content (AvgIpc) is 2.27. The lowest BCUT2D eigenvalue weighted by Crippen LogP contribution is -2.49. The van der Waals surface area contributed by atoms with Gasteiger partial charge in [0.05, 0.1) is 0 Å². The van der Waals surface area contributed by atoms with E-state index < -0.39 is 23.2 Å². The number of halogens is 1. The summed E-state index contributed by atoms with van der Waals surface area (Å²) in [4.78, 5) is 22.3. The molecule has 0 saturated heterocycles. The van der Waals surface area contributed by atoms with Gasteiger partial charge in [0.15, 0.2) is 0 Å². The second kappa shape index (κ2) is 5.44. The standard InChI is InChI=1S/C13H14FNO3/c1-13(2,12(17)18)15-11(16)8-7-9-5-3-4-6-10(9)14/h3-8H,1-2H3,(H,15,16)(H,17,18)/b8-7+. The Balaban J connectivity index is 2.72. The highest BCUT2D eigenvalue weighted by Crippen LogP contribution is 2.08. The molecule has 0 aromatic heterocycles. The van der Waals surface area contributed by atoms with Crippen LogP contribution in [0.1, 0.15) is 19.4 Å². The first kappa shape index (κ1) is 13.9. The molecule has 0 fully saturated rings. The van der Waals surface area contributed by atoms with Crippen LogP contribution in [0.2, 0.25) is 0 Å². The summed E-state index contributed by atoms with van der Waals surface area (Å²) in [5.74, 6) is -2.18. The van der Waals surface area contributed by atoms with Gasteiger partial charge >= 0.3 is 5.97 Å². The third-order valence-corrected chi connectivity index (χ3v) is 2.29. The maximum Gasteiger partial charge on any atom is 0.328 e. The molecular weight excluding hydrogens is 237 g/mol. The average molecular weight is 251 g/mol. The van der Waals surface area contributed by atoms with E-state index in [0.717, 1.165) is 6.08 Å². The zero-order valence-corrected chi connectivity index (χ0v) is 10.1. The Kier molecular flexibility index (Phi) is 4.20. The molecule has 1 aromatic rings. The number of carboxylic acid groups (broad SMARTS) is 1. The van der Waals surface area contributed by atoms with Gasteiger partial charge in [0.1, 0.15) is 11.4 Å². The van der Waals surface area contributed by atoms with Crippen LogP contribution in [-0.2, 0) is 9.59 Å². The fourth-order valence-electron chi connectivity index (χ4n) is 1.18. The van der Waals surface area contributed by atoms with Gasteiger partial charge in [-0.2, -0.15) is 0 Å². The molecule has 2 N–H and O–H groups in total. The Morgan fingerprint density at radius 3 is 2.50 bits per heavy atom. The summed E-state index contributed by atoms with van der Waals surface area (Å²) in [6.07, 6.45) is 2.39. The van der Waals surface area contributed by atoms with Crippen LogP contribution >= 0.6 is 0 Å². The Labute approximate surface area is 104 Å². The lowest BCUT2D eigenvalue weighted by molar-refractivity contribution is -0.145. The van der Waals surface area contributed by atoms with Gasteiger partial charge in [-0.1, -0.05) is 18.2 Å². The molecule has 0 saturated carbocycles. The molecule has 0 unspecified atom stereocenters. The predicted octanol–water partition coefficient (Wildman–Crippen LogP) is 1.82. The first-order valence-corrected chi connectivity index (χ1v) is 5.31. The number of nitrogens with one attached hydrogen (secondary N) is 1. The van der Waals surface area contributed by atoms with Crippen molar-refractivity contribution in [2.45, 2.75) is 19.4 Å². The van der Waals surface area contributed by atoms with Crippen LogP contribution in [0.25, 0.3) is 6.08 Å². The number of rotatable bonds is 4. The van der Waals surface area contributed by atoms with Gasteiger partial charge in [-0.3, -0.25) is 4.79 Å². The van der Waals surface area contributed by atoms with Crippen LogP contribution in [0.3, 0.4) is 0 Å². The summed E-state index contributed by atoms with van der Waals surface area (Å²) >= 11 is 0. The van der Waals surface area contributed by atoms with Gasteiger partial charge < -0.3 is 10.4 Å². The second-order valence-corrected chi connectivity index (χ2v) is 4.27. The molecule has 0 aliphatic carbocycles. The Hall–Kier alpha value is -2.17. The normalized spacial score (nSPS) is 11.5. The summed E-state index contributed by atoms with van der Waals surface area (Å²) in [5, 5.41) is 11.1. The number of carbonyl (C=O) groups is 2. The van der Waals surface area contributed by atoms with E-state index in [1.807, 2.05) is 0 Å². The van der Waals surface area contributed by atoms with Crippen molar-refractivity contribution in [3.8, 4) is 0 Å². The van der Waals surface area contributed by atoms with Gasteiger partial charge in [-0.25, -0.2) is 9.18 Å². The molecule has 18 heavy (non-hydrogen) atoms. The molecule has 0 aliphatic rings. The van der Waals surface area contributed by atoms with E-state index in [4.69, 9.17) is 5.11 Å². The van der Waals surface area contributed by atoms with Crippen LogP contribution < -0.4 is 5.32 Å². The van der Waals surface area contributed by atoms with Crippen molar-refractivity contribution in [3.63, 3.8) is 0 Å². The van der Waals surface area contributed by atoms with Gasteiger partial charge in [-0.05, 0) is 26.0 Å². The van der Waals surface area contributed by atoms with E-state index in [-0.39, 0.29) is 5.56 Å². The topological polar surface area (TPSA) is 66.4 Å². The van der Waals surface area contributed by atoms with Gasteiger partial charge in [0, 0.05) is 11.6 Å². The van der Waals surface area contributed by atoms with Crippen molar-refractivity contribution in [1.29, 1.82) is 0 Å². The van der Waals surface area contributed by atoms with Crippen molar-refractivity contribution < 1.29 is 19.1 Å². The highest BCUT2D eigenvalue weighted by molar-refractivity contribution is 5.95. The minimum absolute atomic E-state index is 0.265. The van der Waals surface area contributed by atoms with Gasteiger partial charge in [0.2, 0.25) is 5.91 Å². The van der Waals surface area contributed by atoms with E-state index in [1.54, 1.807) is 12.1 Å². The Bertz CT molecular complexity index is 495. The monoisotopic (exact) mass is 251 g/mol.